The van der Waals surface area contributed by atoms with E-state index >= 15 is 0 Å². The number of aryl methyl sites for hydroxylation is 1. The van der Waals surface area contributed by atoms with Crippen LogP contribution in [0.25, 0.3) is 16.6 Å². The maximum Gasteiger partial charge on any atom is 0.272 e. The van der Waals surface area contributed by atoms with E-state index in [1.165, 1.54) is 0 Å². The number of ether oxygens (including phenoxy) is 1. The van der Waals surface area contributed by atoms with Crippen LogP contribution >= 0.6 is 0 Å². The second-order valence-corrected chi connectivity index (χ2v) is 7.10. The first kappa shape index (κ1) is 16.7. The molecular formula is C22H20N4O2. The fourth-order valence-corrected chi connectivity index (χ4v) is 3.81. The van der Waals surface area contributed by atoms with Gasteiger partial charge in [-0.25, -0.2) is 9.97 Å². The van der Waals surface area contributed by atoms with E-state index in [1.807, 2.05) is 77.0 Å². The molecule has 0 spiro atoms. The third kappa shape index (κ3) is 2.87. The Hall–Kier alpha value is -3.41. The Morgan fingerprint density at radius 3 is 2.86 bits per heavy atom. The molecule has 6 nitrogen and oxygen atoms in total. The molecule has 6 heteroatoms. The number of nitrogens with zero attached hydrogens (tertiary/aromatic N) is 4. The number of amides is 1. The molecule has 1 aliphatic heterocycles. The van der Waals surface area contributed by atoms with Gasteiger partial charge in [0.05, 0.1) is 17.8 Å². The molecule has 1 fully saturated rings. The summed E-state index contributed by atoms with van der Waals surface area (Å²) >= 11 is 0. The lowest BCUT2D eigenvalue weighted by molar-refractivity contribution is 0.0763. The van der Waals surface area contributed by atoms with Gasteiger partial charge in [-0.2, -0.15) is 0 Å². The van der Waals surface area contributed by atoms with Crippen molar-refractivity contribution in [2.75, 3.05) is 13.1 Å². The predicted molar refractivity (Wildman–Crippen MR) is 107 cm³/mol. The van der Waals surface area contributed by atoms with Crippen LogP contribution in [0.1, 0.15) is 22.6 Å². The Kier molecular flexibility index (Phi) is 3.97. The highest BCUT2D eigenvalue weighted by atomic mass is 16.5. The standard InChI is InChI=1S/C22H20N4O2/c1-15-21(26-12-5-4-8-19(26)23-15)22(27)25-13-11-17(14-25)28-20-10-9-16-6-2-3-7-18(16)24-20/h2-10,12,17H,11,13-14H2,1H3. The minimum absolute atomic E-state index is 0.00577. The SMILES string of the molecule is Cc1nc2ccccn2c1C(=O)N1CCC(Oc2ccc3ccccc3n2)C1. The van der Waals surface area contributed by atoms with Crippen LogP contribution < -0.4 is 4.74 Å². The van der Waals surface area contributed by atoms with E-state index in [1.54, 1.807) is 0 Å². The molecule has 3 aromatic heterocycles. The van der Waals surface area contributed by atoms with Crippen LogP contribution in [0.4, 0.5) is 0 Å². The zero-order valence-corrected chi connectivity index (χ0v) is 15.6. The first-order valence-corrected chi connectivity index (χ1v) is 9.44. The molecule has 0 aliphatic carbocycles. The number of hydrogen-bond donors (Lipinski definition) is 0. The van der Waals surface area contributed by atoms with Gasteiger partial charge in [0, 0.05) is 30.6 Å². The molecule has 1 atom stereocenters. The van der Waals surface area contributed by atoms with E-state index in [2.05, 4.69) is 9.97 Å². The fraction of sp³-hybridized carbons (Fsp3) is 0.227. The summed E-state index contributed by atoms with van der Waals surface area (Å²) in [5.74, 6) is 0.595. The maximum atomic E-state index is 13.1. The van der Waals surface area contributed by atoms with E-state index < -0.39 is 0 Å². The zero-order chi connectivity index (χ0) is 19.1. The van der Waals surface area contributed by atoms with Crippen molar-refractivity contribution in [3.8, 4) is 5.88 Å². The summed E-state index contributed by atoms with van der Waals surface area (Å²) in [6.45, 7) is 3.09. The Balaban J connectivity index is 1.33. The van der Waals surface area contributed by atoms with Gasteiger partial charge in [0.1, 0.15) is 17.4 Å². The number of hydrogen-bond acceptors (Lipinski definition) is 4. The number of aromatic nitrogens is 3. The van der Waals surface area contributed by atoms with Crippen LogP contribution in [0.15, 0.2) is 60.8 Å². The number of para-hydroxylation sites is 1. The summed E-state index contributed by atoms with van der Waals surface area (Å²) in [6.07, 6.45) is 2.61. The number of fused-ring (bicyclic) bond motifs is 2. The van der Waals surface area contributed by atoms with Gasteiger partial charge in [-0.3, -0.25) is 9.20 Å². The summed E-state index contributed by atoms with van der Waals surface area (Å²) in [7, 11) is 0. The summed E-state index contributed by atoms with van der Waals surface area (Å²) in [6, 6.07) is 17.6. The molecule has 1 unspecified atom stereocenters. The lowest BCUT2D eigenvalue weighted by Crippen LogP contribution is -2.32. The van der Waals surface area contributed by atoms with Crippen molar-refractivity contribution < 1.29 is 9.53 Å². The average molecular weight is 372 g/mol. The number of carbonyl (C=O) groups is 1. The molecule has 1 aliphatic rings. The number of benzene rings is 1. The van der Waals surface area contributed by atoms with Gasteiger partial charge < -0.3 is 9.64 Å². The molecule has 4 heterocycles. The number of pyridine rings is 2. The van der Waals surface area contributed by atoms with Crippen LogP contribution in [-0.2, 0) is 0 Å². The highest BCUT2D eigenvalue weighted by Gasteiger charge is 2.31. The normalized spacial score (nSPS) is 16.8. The van der Waals surface area contributed by atoms with Crippen molar-refractivity contribution in [2.45, 2.75) is 19.4 Å². The molecule has 4 aromatic rings. The van der Waals surface area contributed by atoms with Gasteiger partial charge in [0.25, 0.3) is 5.91 Å². The van der Waals surface area contributed by atoms with Gasteiger partial charge >= 0.3 is 0 Å². The summed E-state index contributed by atoms with van der Waals surface area (Å²) in [4.78, 5) is 24.0. The minimum Gasteiger partial charge on any atom is -0.472 e. The number of carbonyl (C=O) groups excluding carboxylic acids is 1. The third-order valence-electron chi connectivity index (χ3n) is 5.20. The molecule has 28 heavy (non-hydrogen) atoms. The fourth-order valence-electron chi connectivity index (χ4n) is 3.81. The maximum absolute atomic E-state index is 13.1. The smallest absolute Gasteiger partial charge is 0.272 e. The van der Waals surface area contributed by atoms with Crippen LogP contribution in [0, 0.1) is 6.92 Å². The Morgan fingerprint density at radius 1 is 1.07 bits per heavy atom. The molecular weight excluding hydrogens is 352 g/mol. The first-order valence-electron chi connectivity index (χ1n) is 9.44. The van der Waals surface area contributed by atoms with Gasteiger partial charge in [0.15, 0.2) is 0 Å². The van der Waals surface area contributed by atoms with Crippen molar-refractivity contribution in [2.24, 2.45) is 0 Å². The molecule has 0 N–H and O–H groups in total. The van der Waals surface area contributed by atoms with Crippen molar-refractivity contribution >= 4 is 22.5 Å². The van der Waals surface area contributed by atoms with Crippen molar-refractivity contribution in [1.82, 2.24) is 19.3 Å². The third-order valence-corrected chi connectivity index (χ3v) is 5.20. The van der Waals surface area contributed by atoms with Gasteiger partial charge in [-0.05, 0) is 31.2 Å². The molecule has 0 saturated carbocycles. The van der Waals surface area contributed by atoms with E-state index in [-0.39, 0.29) is 12.0 Å². The lowest BCUT2D eigenvalue weighted by Gasteiger charge is -2.17. The molecule has 0 radical (unpaired) electrons. The van der Waals surface area contributed by atoms with Crippen LogP contribution in [-0.4, -0.2) is 44.4 Å². The van der Waals surface area contributed by atoms with Gasteiger partial charge in [0.2, 0.25) is 5.88 Å². The summed E-state index contributed by atoms with van der Waals surface area (Å²) in [5.41, 5.74) is 3.07. The van der Waals surface area contributed by atoms with E-state index in [9.17, 15) is 4.79 Å². The largest absolute Gasteiger partial charge is 0.472 e. The Labute approximate surface area is 162 Å². The average Bonchev–Trinajstić information content (AvgIpc) is 3.31. The van der Waals surface area contributed by atoms with Crippen molar-refractivity contribution in [3.63, 3.8) is 0 Å². The monoisotopic (exact) mass is 372 g/mol. The molecule has 1 amide bonds. The second kappa shape index (κ2) is 6.64. The number of likely N-dealkylation sites (tertiary alicyclic amines) is 1. The molecule has 0 bridgehead atoms. The molecule has 5 rings (SSSR count). The van der Waals surface area contributed by atoms with E-state index in [4.69, 9.17) is 4.74 Å². The van der Waals surface area contributed by atoms with Crippen LogP contribution in [0.3, 0.4) is 0 Å². The number of imidazole rings is 1. The van der Waals surface area contributed by atoms with E-state index in [0.717, 1.165) is 28.7 Å². The highest BCUT2D eigenvalue weighted by molar-refractivity contribution is 5.95. The van der Waals surface area contributed by atoms with Crippen LogP contribution in [0.5, 0.6) is 5.88 Å². The van der Waals surface area contributed by atoms with Gasteiger partial charge in [-0.15, -0.1) is 0 Å². The zero-order valence-electron chi connectivity index (χ0n) is 15.6. The molecule has 1 saturated heterocycles. The topological polar surface area (TPSA) is 59.7 Å². The Morgan fingerprint density at radius 2 is 1.93 bits per heavy atom. The van der Waals surface area contributed by atoms with Crippen molar-refractivity contribution in [1.29, 1.82) is 0 Å². The Bertz CT molecular complexity index is 1180. The summed E-state index contributed by atoms with van der Waals surface area (Å²) in [5, 5.41) is 1.08. The quantitative estimate of drug-likeness (QED) is 0.552. The van der Waals surface area contributed by atoms with Gasteiger partial charge in [-0.1, -0.05) is 24.3 Å². The first-order chi connectivity index (χ1) is 13.7. The highest BCUT2D eigenvalue weighted by Crippen LogP contribution is 2.22. The van der Waals surface area contributed by atoms with Crippen LogP contribution in [0.2, 0.25) is 0 Å². The van der Waals surface area contributed by atoms with Crippen molar-refractivity contribution in [3.05, 3.63) is 72.2 Å². The predicted octanol–water partition coefficient (Wildman–Crippen LogP) is 3.48. The second-order valence-electron chi connectivity index (χ2n) is 7.10. The molecule has 1 aromatic carbocycles. The lowest BCUT2D eigenvalue weighted by atomic mass is 10.2. The number of rotatable bonds is 3. The molecule has 140 valence electrons. The minimum atomic E-state index is -0.0582. The summed E-state index contributed by atoms with van der Waals surface area (Å²) < 4.78 is 7.93. The van der Waals surface area contributed by atoms with E-state index in [0.29, 0.717) is 24.7 Å².